The van der Waals surface area contributed by atoms with E-state index in [0.717, 1.165) is 22.1 Å². The molecule has 1 heterocycles. The van der Waals surface area contributed by atoms with E-state index < -0.39 is 10.0 Å². The molecule has 0 radical (unpaired) electrons. The van der Waals surface area contributed by atoms with Gasteiger partial charge in [-0.3, -0.25) is 4.79 Å². The Bertz CT molecular complexity index is 1200. The first-order valence-corrected chi connectivity index (χ1v) is 12.3. The van der Waals surface area contributed by atoms with E-state index >= 15 is 0 Å². The van der Waals surface area contributed by atoms with E-state index in [1.54, 1.807) is 19.2 Å². The molecule has 1 aliphatic heterocycles. The second-order valence-electron chi connectivity index (χ2n) is 8.04. The highest BCUT2D eigenvalue weighted by molar-refractivity contribution is 7.89. The number of nitrogens with zero attached hydrogens (tertiary/aromatic N) is 1. The summed E-state index contributed by atoms with van der Waals surface area (Å²) < 4.78 is 33.1. The molecule has 1 N–H and O–H groups in total. The lowest BCUT2D eigenvalue weighted by Crippen LogP contribution is -2.43. The normalized spacial score (nSPS) is 15.5. The number of amides is 1. The monoisotopic (exact) mass is 452 g/mol. The van der Waals surface area contributed by atoms with Crippen molar-refractivity contribution in [2.75, 3.05) is 26.7 Å². The standard InChI is InChI=1S/C25H28N2O4S/c1-31-24-9-5-4-7-20(24)12-15-26-25(28)21-13-16-27(17-14-21)32(29,30)23-11-10-19-6-2-3-8-22(19)18-23/h2-11,18,21H,12-17H2,1H3,(H,26,28). The molecular weight excluding hydrogens is 424 g/mol. The Morgan fingerprint density at radius 3 is 2.44 bits per heavy atom. The molecule has 32 heavy (non-hydrogen) atoms. The number of benzene rings is 3. The number of nitrogens with one attached hydrogen (secondary N) is 1. The summed E-state index contributed by atoms with van der Waals surface area (Å²) in [6, 6.07) is 20.7. The van der Waals surface area contributed by atoms with Gasteiger partial charge in [0.05, 0.1) is 12.0 Å². The minimum Gasteiger partial charge on any atom is -0.496 e. The molecule has 3 aromatic carbocycles. The summed E-state index contributed by atoms with van der Waals surface area (Å²) >= 11 is 0. The fourth-order valence-corrected chi connectivity index (χ4v) is 5.72. The molecule has 0 atom stereocenters. The quantitative estimate of drug-likeness (QED) is 0.594. The lowest BCUT2D eigenvalue weighted by atomic mass is 9.97. The van der Waals surface area contributed by atoms with Gasteiger partial charge in [0.15, 0.2) is 0 Å². The predicted molar refractivity (Wildman–Crippen MR) is 125 cm³/mol. The molecule has 1 amide bonds. The van der Waals surface area contributed by atoms with Crippen molar-refractivity contribution in [3.63, 3.8) is 0 Å². The fraction of sp³-hybridized carbons (Fsp3) is 0.320. The van der Waals surface area contributed by atoms with Crippen LogP contribution in [-0.4, -0.2) is 45.4 Å². The largest absolute Gasteiger partial charge is 0.496 e. The van der Waals surface area contributed by atoms with Gasteiger partial charge in [-0.25, -0.2) is 8.42 Å². The van der Waals surface area contributed by atoms with Crippen molar-refractivity contribution in [2.45, 2.75) is 24.2 Å². The van der Waals surface area contributed by atoms with Gasteiger partial charge in [-0.15, -0.1) is 0 Å². The third-order valence-electron chi connectivity index (χ3n) is 6.07. The minimum absolute atomic E-state index is 0.0114. The Balaban J connectivity index is 1.32. The Morgan fingerprint density at radius 1 is 1.00 bits per heavy atom. The number of carbonyl (C=O) groups is 1. The van der Waals surface area contributed by atoms with E-state index in [2.05, 4.69) is 5.32 Å². The van der Waals surface area contributed by atoms with Gasteiger partial charge in [-0.1, -0.05) is 48.5 Å². The van der Waals surface area contributed by atoms with E-state index in [1.807, 2.05) is 54.6 Å². The highest BCUT2D eigenvalue weighted by Gasteiger charge is 2.32. The number of piperidine rings is 1. The zero-order chi connectivity index (χ0) is 22.6. The van der Waals surface area contributed by atoms with Crippen molar-refractivity contribution in [1.29, 1.82) is 0 Å². The third-order valence-corrected chi connectivity index (χ3v) is 7.96. The lowest BCUT2D eigenvalue weighted by Gasteiger charge is -2.30. The van der Waals surface area contributed by atoms with Gasteiger partial charge in [-0.2, -0.15) is 4.31 Å². The molecule has 0 aromatic heterocycles. The third kappa shape index (κ3) is 4.79. The van der Waals surface area contributed by atoms with E-state index in [0.29, 0.717) is 43.8 Å². The second kappa shape index (κ2) is 9.71. The van der Waals surface area contributed by atoms with E-state index in [9.17, 15) is 13.2 Å². The highest BCUT2D eigenvalue weighted by atomic mass is 32.2. The van der Waals surface area contributed by atoms with Crippen molar-refractivity contribution < 1.29 is 17.9 Å². The van der Waals surface area contributed by atoms with Crippen LogP contribution < -0.4 is 10.1 Å². The molecule has 0 saturated carbocycles. The number of sulfonamides is 1. The number of hydrogen-bond acceptors (Lipinski definition) is 4. The van der Waals surface area contributed by atoms with Crippen molar-refractivity contribution in [2.24, 2.45) is 5.92 Å². The van der Waals surface area contributed by atoms with Crippen LogP contribution in [0, 0.1) is 5.92 Å². The average molecular weight is 453 g/mol. The van der Waals surface area contributed by atoms with Gasteiger partial charge < -0.3 is 10.1 Å². The van der Waals surface area contributed by atoms with Gasteiger partial charge in [0.1, 0.15) is 5.75 Å². The summed E-state index contributed by atoms with van der Waals surface area (Å²) in [6.07, 6.45) is 1.73. The number of hydrogen-bond donors (Lipinski definition) is 1. The van der Waals surface area contributed by atoms with Gasteiger partial charge in [0.2, 0.25) is 15.9 Å². The smallest absolute Gasteiger partial charge is 0.243 e. The van der Waals surface area contributed by atoms with Crippen LogP contribution in [0.3, 0.4) is 0 Å². The second-order valence-corrected chi connectivity index (χ2v) is 9.98. The van der Waals surface area contributed by atoms with Crippen LogP contribution in [0.15, 0.2) is 71.6 Å². The number of fused-ring (bicyclic) bond motifs is 1. The van der Waals surface area contributed by atoms with Crippen molar-refractivity contribution in [3.05, 3.63) is 72.3 Å². The van der Waals surface area contributed by atoms with E-state index in [4.69, 9.17) is 4.74 Å². The van der Waals surface area contributed by atoms with E-state index in [1.165, 1.54) is 4.31 Å². The fourth-order valence-electron chi connectivity index (χ4n) is 4.21. The Morgan fingerprint density at radius 2 is 1.69 bits per heavy atom. The summed E-state index contributed by atoms with van der Waals surface area (Å²) in [6.45, 7) is 1.22. The molecule has 1 saturated heterocycles. The van der Waals surface area contributed by atoms with Gasteiger partial charge >= 0.3 is 0 Å². The topological polar surface area (TPSA) is 75.7 Å². The first-order chi connectivity index (χ1) is 15.5. The molecule has 0 bridgehead atoms. The molecule has 0 spiro atoms. The maximum absolute atomic E-state index is 13.1. The average Bonchev–Trinajstić information content (AvgIpc) is 2.84. The predicted octanol–water partition coefficient (Wildman–Crippen LogP) is 3.61. The van der Waals surface area contributed by atoms with Gasteiger partial charge in [0, 0.05) is 25.6 Å². The van der Waals surface area contributed by atoms with Crippen molar-refractivity contribution in [1.82, 2.24) is 9.62 Å². The molecule has 6 nitrogen and oxygen atoms in total. The summed E-state index contributed by atoms with van der Waals surface area (Å²) in [7, 11) is -1.94. The number of rotatable bonds is 7. The van der Waals surface area contributed by atoms with Crippen LogP contribution in [0.25, 0.3) is 10.8 Å². The van der Waals surface area contributed by atoms with Crippen LogP contribution in [0.1, 0.15) is 18.4 Å². The van der Waals surface area contributed by atoms with Gasteiger partial charge in [0.25, 0.3) is 0 Å². The Kier molecular flexibility index (Phi) is 6.77. The molecular formula is C25H28N2O4S. The first-order valence-electron chi connectivity index (χ1n) is 10.9. The molecule has 0 aliphatic carbocycles. The Labute approximate surface area is 189 Å². The molecule has 4 rings (SSSR count). The molecule has 168 valence electrons. The van der Waals surface area contributed by atoms with Crippen LogP contribution in [-0.2, 0) is 21.2 Å². The molecule has 1 fully saturated rings. The molecule has 0 unspecified atom stereocenters. The van der Waals surface area contributed by atoms with Gasteiger partial charge in [-0.05, 0) is 53.8 Å². The van der Waals surface area contributed by atoms with Crippen LogP contribution in [0.2, 0.25) is 0 Å². The SMILES string of the molecule is COc1ccccc1CCNC(=O)C1CCN(S(=O)(=O)c2ccc3ccccc3c2)CC1. The zero-order valence-electron chi connectivity index (χ0n) is 18.2. The number of carbonyl (C=O) groups excluding carboxylic acids is 1. The maximum Gasteiger partial charge on any atom is 0.243 e. The van der Waals surface area contributed by atoms with Crippen molar-refractivity contribution in [3.8, 4) is 5.75 Å². The molecule has 7 heteroatoms. The summed E-state index contributed by atoms with van der Waals surface area (Å²) in [5, 5.41) is 4.91. The summed E-state index contributed by atoms with van der Waals surface area (Å²) in [5.74, 6) is 0.632. The number of ether oxygens (including phenoxy) is 1. The number of para-hydroxylation sites is 1. The van der Waals surface area contributed by atoms with Crippen LogP contribution in [0.5, 0.6) is 5.75 Å². The minimum atomic E-state index is -3.58. The van der Waals surface area contributed by atoms with Crippen LogP contribution >= 0.6 is 0 Å². The van der Waals surface area contributed by atoms with E-state index in [-0.39, 0.29) is 11.8 Å². The van der Waals surface area contributed by atoms with Crippen LogP contribution in [0.4, 0.5) is 0 Å². The maximum atomic E-state index is 13.1. The number of methoxy groups -OCH3 is 1. The molecule has 3 aromatic rings. The molecule has 1 aliphatic rings. The zero-order valence-corrected chi connectivity index (χ0v) is 19.0. The summed E-state index contributed by atoms with van der Waals surface area (Å²) in [4.78, 5) is 12.9. The first kappa shape index (κ1) is 22.3. The lowest BCUT2D eigenvalue weighted by molar-refractivity contribution is -0.126. The van der Waals surface area contributed by atoms with Crippen molar-refractivity contribution >= 4 is 26.7 Å². The highest BCUT2D eigenvalue weighted by Crippen LogP contribution is 2.26. The summed E-state index contributed by atoms with van der Waals surface area (Å²) in [5.41, 5.74) is 1.05. The Hall–Kier alpha value is -2.90.